The van der Waals surface area contributed by atoms with Crippen molar-refractivity contribution in [3.05, 3.63) is 29.7 Å². The van der Waals surface area contributed by atoms with Crippen molar-refractivity contribution in [2.75, 3.05) is 44.4 Å². The van der Waals surface area contributed by atoms with Crippen molar-refractivity contribution in [2.24, 2.45) is 5.73 Å². The molecule has 0 aliphatic carbocycles. The Morgan fingerprint density at radius 2 is 1.95 bits per heavy atom. The van der Waals surface area contributed by atoms with Crippen LogP contribution < -0.4 is 10.6 Å². The first-order chi connectivity index (χ1) is 18.1. The van der Waals surface area contributed by atoms with E-state index in [4.69, 9.17) is 25.3 Å². The number of fused-ring (bicyclic) bond motifs is 1. The minimum atomic E-state index is -0.435. The summed E-state index contributed by atoms with van der Waals surface area (Å²) in [6.45, 7) is 3.95. The van der Waals surface area contributed by atoms with Gasteiger partial charge >= 0.3 is 6.03 Å². The number of urea groups is 1. The highest BCUT2D eigenvalue weighted by Gasteiger charge is 2.32. The number of carbonyl (C=O) groups is 1. The van der Waals surface area contributed by atoms with E-state index in [1.165, 1.54) is 6.07 Å². The zero-order chi connectivity index (χ0) is 25.4. The van der Waals surface area contributed by atoms with E-state index in [0.717, 1.165) is 62.6 Å². The Bertz CT molecular complexity index is 1260. The molecule has 0 bridgehead atoms. The number of H-pyrrole nitrogens is 1. The number of imidazole rings is 1. The normalized spacial score (nSPS) is 23.4. The molecule has 3 aliphatic heterocycles. The summed E-state index contributed by atoms with van der Waals surface area (Å²) in [7, 11) is 0. The third kappa shape index (κ3) is 4.77. The smallest absolute Gasteiger partial charge is 0.315 e. The van der Waals surface area contributed by atoms with Gasteiger partial charge in [-0.1, -0.05) is 0 Å². The monoisotopic (exact) mass is 511 g/mol. The molecule has 37 heavy (non-hydrogen) atoms. The molecule has 2 aromatic heterocycles. The molecule has 3 aromatic rings. The first kappa shape index (κ1) is 24.2. The number of carbonyl (C=O) groups excluding carboxylic acids is 1. The number of hydrogen-bond donors (Lipinski definition) is 2. The van der Waals surface area contributed by atoms with Crippen LogP contribution >= 0.6 is 0 Å². The van der Waals surface area contributed by atoms with Crippen molar-refractivity contribution in [2.45, 2.75) is 57.2 Å². The summed E-state index contributed by atoms with van der Waals surface area (Å²) in [4.78, 5) is 24.2. The molecule has 3 saturated heterocycles. The van der Waals surface area contributed by atoms with E-state index in [-0.39, 0.29) is 18.1 Å². The first-order valence-corrected chi connectivity index (χ1v) is 13.4. The number of nitrogens with two attached hydrogens (primary N) is 1. The minimum absolute atomic E-state index is 0.162. The number of likely N-dealkylation sites (tertiary alicyclic amines) is 1. The highest BCUT2D eigenvalue weighted by atomic mass is 19.1. The van der Waals surface area contributed by atoms with Gasteiger partial charge in [0.05, 0.1) is 29.4 Å². The van der Waals surface area contributed by atoms with Crippen LogP contribution in [0.15, 0.2) is 18.3 Å². The van der Waals surface area contributed by atoms with Gasteiger partial charge < -0.3 is 30.0 Å². The van der Waals surface area contributed by atoms with E-state index < -0.39 is 6.03 Å². The molecule has 0 radical (unpaired) electrons. The fourth-order valence-corrected chi connectivity index (χ4v) is 5.79. The molecule has 3 aliphatic rings. The Balaban J connectivity index is 1.41. The van der Waals surface area contributed by atoms with Gasteiger partial charge in [-0.2, -0.15) is 5.10 Å². The van der Waals surface area contributed by atoms with Crippen LogP contribution in [0.1, 0.15) is 62.8 Å². The number of halogens is 1. The standard InChI is InChI=1S/C26H34FN7O3/c27-18-14-19-20(15-22(18)32-8-5-11-36-13-10-32)30-25(29-19)24-17(21-6-1-3-9-33(21)26(28)35)16-34(31-24)23-7-2-4-12-37-23/h14-16,21,23H,1-13H2,(H2,28,35)(H,29,30). The van der Waals surface area contributed by atoms with E-state index in [2.05, 4.69) is 4.98 Å². The van der Waals surface area contributed by atoms with E-state index in [0.29, 0.717) is 55.6 Å². The lowest BCUT2D eigenvalue weighted by Gasteiger charge is -2.34. The average molecular weight is 512 g/mol. The van der Waals surface area contributed by atoms with Gasteiger partial charge in [0.25, 0.3) is 0 Å². The Morgan fingerprint density at radius 3 is 2.78 bits per heavy atom. The van der Waals surface area contributed by atoms with Gasteiger partial charge in [-0.15, -0.1) is 0 Å². The van der Waals surface area contributed by atoms with Gasteiger partial charge in [0.15, 0.2) is 5.82 Å². The van der Waals surface area contributed by atoms with Crippen LogP contribution in [0.2, 0.25) is 0 Å². The van der Waals surface area contributed by atoms with Crippen molar-refractivity contribution in [1.82, 2.24) is 24.6 Å². The van der Waals surface area contributed by atoms with Crippen molar-refractivity contribution in [1.29, 1.82) is 0 Å². The van der Waals surface area contributed by atoms with Gasteiger partial charge in [0.2, 0.25) is 0 Å². The van der Waals surface area contributed by atoms with E-state index in [9.17, 15) is 4.79 Å². The molecule has 1 aromatic carbocycles. The van der Waals surface area contributed by atoms with Crippen LogP contribution in [-0.4, -0.2) is 70.1 Å². The molecule has 198 valence electrons. The highest BCUT2D eigenvalue weighted by molar-refractivity contribution is 5.83. The Morgan fingerprint density at radius 1 is 1.05 bits per heavy atom. The third-order valence-corrected chi connectivity index (χ3v) is 7.69. The lowest BCUT2D eigenvalue weighted by molar-refractivity contribution is -0.0394. The average Bonchev–Trinajstić information content (AvgIpc) is 3.44. The van der Waals surface area contributed by atoms with Crippen LogP contribution in [0.3, 0.4) is 0 Å². The van der Waals surface area contributed by atoms with Crippen molar-refractivity contribution in [3.8, 4) is 11.5 Å². The molecule has 3 fully saturated rings. The Kier molecular flexibility index (Phi) is 6.72. The van der Waals surface area contributed by atoms with Gasteiger partial charge in [-0.25, -0.2) is 18.9 Å². The Labute approximate surface area is 214 Å². The number of hydrogen-bond acceptors (Lipinski definition) is 6. The number of rotatable bonds is 4. The Hall–Kier alpha value is -3.18. The topological polar surface area (TPSA) is 115 Å². The van der Waals surface area contributed by atoms with Gasteiger partial charge in [-0.3, -0.25) is 0 Å². The fraction of sp³-hybridized carbons (Fsp3) is 0.577. The molecule has 2 atom stereocenters. The summed E-state index contributed by atoms with van der Waals surface area (Å²) in [5.41, 5.74) is 9.11. The molecule has 3 N–H and O–H groups in total. The lowest BCUT2D eigenvalue weighted by atomic mass is 9.95. The molecule has 0 spiro atoms. The maximum atomic E-state index is 15.2. The molecule has 5 heterocycles. The zero-order valence-electron chi connectivity index (χ0n) is 21.0. The second-order valence-corrected chi connectivity index (χ2v) is 10.1. The lowest BCUT2D eigenvalue weighted by Crippen LogP contribution is -2.41. The molecule has 0 saturated carbocycles. The fourth-order valence-electron chi connectivity index (χ4n) is 5.79. The number of aromatic amines is 1. The number of ether oxygens (including phenoxy) is 2. The van der Waals surface area contributed by atoms with Crippen molar-refractivity contribution >= 4 is 22.8 Å². The zero-order valence-corrected chi connectivity index (χ0v) is 21.0. The number of anilines is 1. The van der Waals surface area contributed by atoms with Crippen LogP contribution in [-0.2, 0) is 9.47 Å². The molecule has 11 heteroatoms. The third-order valence-electron chi connectivity index (χ3n) is 7.69. The summed E-state index contributed by atoms with van der Waals surface area (Å²) in [5.74, 6) is 0.242. The molecular weight excluding hydrogens is 477 g/mol. The number of benzene rings is 1. The van der Waals surface area contributed by atoms with E-state index in [1.54, 1.807) is 4.90 Å². The number of primary amides is 1. The minimum Gasteiger partial charge on any atom is -0.380 e. The summed E-state index contributed by atoms with van der Waals surface area (Å²) in [5, 5.41) is 4.91. The molecule has 2 unspecified atom stereocenters. The number of nitrogens with zero attached hydrogens (tertiary/aromatic N) is 5. The van der Waals surface area contributed by atoms with E-state index in [1.807, 2.05) is 21.8 Å². The maximum Gasteiger partial charge on any atom is 0.315 e. The predicted molar refractivity (Wildman–Crippen MR) is 137 cm³/mol. The molecule has 2 amide bonds. The molecule has 6 rings (SSSR count). The van der Waals surface area contributed by atoms with Crippen LogP contribution in [0, 0.1) is 5.82 Å². The summed E-state index contributed by atoms with van der Waals surface area (Å²) in [6, 6.07) is 2.67. The molecule has 10 nitrogen and oxygen atoms in total. The number of amides is 2. The van der Waals surface area contributed by atoms with E-state index >= 15 is 4.39 Å². The second-order valence-electron chi connectivity index (χ2n) is 10.1. The second kappa shape index (κ2) is 10.3. The number of nitrogens with one attached hydrogen (secondary N) is 1. The number of piperidine rings is 1. The van der Waals surface area contributed by atoms with Crippen molar-refractivity contribution < 1.29 is 18.7 Å². The summed E-state index contributed by atoms with van der Waals surface area (Å²) >= 11 is 0. The highest BCUT2D eigenvalue weighted by Crippen LogP contribution is 2.38. The first-order valence-electron chi connectivity index (χ1n) is 13.4. The van der Waals surface area contributed by atoms with Gasteiger partial charge in [0, 0.05) is 50.7 Å². The predicted octanol–water partition coefficient (Wildman–Crippen LogP) is 4.10. The SMILES string of the molecule is NC(=O)N1CCCCC1c1cn(C2CCCCO2)nc1-c1nc2cc(F)c(N3CCCOCC3)cc2[nH]1. The maximum absolute atomic E-state index is 15.2. The largest absolute Gasteiger partial charge is 0.380 e. The number of aromatic nitrogens is 4. The van der Waals surface area contributed by atoms with Crippen LogP contribution in [0.5, 0.6) is 0 Å². The van der Waals surface area contributed by atoms with Gasteiger partial charge in [-0.05, 0) is 51.0 Å². The van der Waals surface area contributed by atoms with Gasteiger partial charge in [0.1, 0.15) is 17.7 Å². The van der Waals surface area contributed by atoms with Crippen LogP contribution in [0.25, 0.3) is 22.6 Å². The summed E-state index contributed by atoms with van der Waals surface area (Å²) in [6.07, 6.45) is 8.36. The molecular formula is C26H34FN7O3. The van der Waals surface area contributed by atoms with Crippen molar-refractivity contribution in [3.63, 3.8) is 0 Å². The quantitative estimate of drug-likeness (QED) is 0.545. The summed E-state index contributed by atoms with van der Waals surface area (Å²) < 4.78 is 28.6. The van der Waals surface area contributed by atoms with Crippen LogP contribution in [0.4, 0.5) is 14.9 Å².